The van der Waals surface area contributed by atoms with E-state index < -0.39 is 0 Å². The average molecular weight is 460 g/mol. The minimum Gasteiger partial charge on any atom is -0.493 e. The van der Waals surface area contributed by atoms with Gasteiger partial charge in [-0.2, -0.15) is 0 Å². The van der Waals surface area contributed by atoms with Gasteiger partial charge >= 0.3 is 0 Å². The number of ether oxygens (including phenoxy) is 2. The minimum atomic E-state index is -0.0920. The van der Waals surface area contributed by atoms with Gasteiger partial charge in [0.1, 0.15) is 0 Å². The summed E-state index contributed by atoms with van der Waals surface area (Å²) < 4.78 is 10.8. The van der Waals surface area contributed by atoms with E-state index in [1.54, 1.807) is 32.4 Å². The Labute approximate surface area is 204 Å². The van der Waals surface area contributed by atoms with Crippen molar-refractivity contribution in [2.45, 2.75) is 58.9 Å². The number of benzene rings is 3. The molecule has 3 aromatic rings. The zero-order valence-corrected chi connectivity index (χ0v) is 21.7. The van der Waals surface area contributed by atoms with Crippen molar-refractivity contribution >= 4 is 11.6 Å². The van der Waals surface area contributed by atoms with Gasteiger partial charge in [-0.05, 0) is 57.9 Å². The predicted octanol–water partition coefficient (Wildman–Crippen LogP) is 7.15. The maximum atomic E-state index is 13.8. The highest BCUT2D eigenvalue weighted by Gasteiger charge is 2.24. The van der Waals surface area contributed by atoms with Crippen LogP contribution in [0.1, 0.15) is 68.6 Å². The molecule has 4 nitrogen and oxygen atoms in total. The fourth-order valence-electron chi connectivity index (χ4n) is 3.85. The fraction of sp³-hybridized carbons (Fsp3) is 0.367. The number of nitrogens with zero attached hydrogens (tertiary/aromatic N) is 1. The zero-order chi connectivity index (χ0) is 25.1. The molecule has 0 radical (unpaired) electrons. The van der Waals surface area contributed by atoms with Crippen molar-refractivity contribution in [1.29, 1.82) is 0 Å². The quantitative estimate of drug-likeness (QED) is 0.393. The summed E-state index contributed by atoms with van der Waals surface area (Å²) in [5, 5.41) is 0. The van der Waals surface area contributed by atoms with Crippen LogP contribution in [0.3, 0.4) is 0 Å². The van der Waals surface area contributed by atoms with Crippen LogP contribution >= 0.6 is 0 Å². The molecule has 1 amide bonds. The van der Waals surface area contributed by atoms with Gasteiger partial charge in [0.15, 0.2) is 11.5 Å². The summed E-state index contributed by atoms with van der Waals surface area (Å²) in [6.45, 7) is 13.8. The van der Waals surface area contributed by atoms with Crippen LogP contribution in [0.25, 0.3) is 0 Å². The molecule has 0 aliphatic carbocycles. The summed E-state index contributed by atoms with van der Waals surface area (Å²) in [6.07, 6.45) is 0. The van der Waals surface area contributed by atoms with Crippen molar-refractivity contribution in [2.24, 2.45) is 0 Å². The van der Waals surface area contributed by atoms with Gasteiger partial charge in [-0.25, -0.2) is 0 Å². The molecule has 180 valence electrons. The number of carbonyl (C=O) groups excluding carboxylic acids is 1. The SMILES string of the molecule is COc1ccc(C(=O)N(Cc2cc(C(C)(C)C)cc(C(C)(C)C)c2)c2ccccc2)cc1OC. The lowest BCUT2D eigenvalue weighted by molar-refractivity contribution is 0.0984. The van der Waals surface area contributed by atoms with Crippen molar-refractivity contribution < 1.29 is 14.3 Å². The molecular formula is C30H37NO3. The Balaban J connectivity index is 2.09. The summed E-state index contributed by atoms with van der Waals surface area (Å²) in [5.74, 6) is 1.04. The number of rotatable bonds is 6. The normalized spacial score (nSPS) is 11.8. The number of carbonyl (C=O) groups is 1. The van der Waals surface area contributed by atoms with Gasteiger partial charge in [-0.15, -0.1) is 0 Å². The Morgan fingerprint density at radius 3 is 1.79 bits per heavy atom. The largest absolute Gasteiger partial charge is 0.493 e. The molecule has 0 aliphatic rings. The van der Waals surface area contributed by atoms with E-state index in [1.165, 1.54) is 11.1 Å². The van der Waals surface area contributed by atoms with Crippen LogP contribution in [0.5, 0.6) is 11.5 Å². The van der Waals surface area contributed by atoms with Gasteiger partial charge in [0.05, 0.1) is 20.8 Å². The van der Waals surface area contributed by atoms with Crippen molar-refractivity contribution in [3.8, 4) is 11.5 Å². The van der Waals surface area contributed by atoms with Crippen LogP contribution < -0.4 is 14.4 Å². The van der Waals surface area contributed by atoms with E-state index in [2.05, 4.69) is 59.7 Å². The summed E-state index contributed by atoms with van der Waals surface area (Å²) in [7, 11) is 3.16. The first-order chi connectivity index (χ1) is 15.9. The Bertz CT molecular complexity index is 1110. The van der Waals surface area contributed by atoms with Gasteiger partial charge in [0, 0.05) is 11.3 Å². The third kappa shape index (κ3) is 5.80. The number of anilines is 1. The molecule has 0 aliphatic heterocycles. The maximum Gasteiger partial charge on any atom is 0.258 e. The summed E-state index contributed by atoms with van der Waals surface area (Å²) in [6, 6.07) is 21.9. The molecule has 0 saturated carbocycles. The van der Waals surface area contributed by atoms with E-state index in [1.807, 2.05) is 35.2 Å². The molecule has 0 heterocycles. The molecule has 0 saturated heterocycles. The lowest BCUT2D eigenvalue weighted by Crippen LogP contribution is -2.31. The van der Waals surface area contributed by atoms with Gasteiger partial charge in [0.2, 0.25) is 0 Å². The summed E-state index contributed by atoms with van der Waals surface area (Å²) >= 11 is 0. The minimum absolute atomic E-state index is 0.000938. The first-order valence-electron chi connectivity index (χ1n) is 11.7. The highest BCUT2D eigenvalue weighted by molar-refractivity contribution is 6.06. The molecule has 0 spiro atoms. The van der Waals surface area contributed by atoms with Crippen molar-refractivity contribution in [3.05, 3.63) is 89.0 Å². The van der Waals surface area contributed by atoms with Gasteiger partial charge in [-0.1, -0.05) is 77.9 Å². The molecule has 0 bridgehead atoms. The molecule has 0 N–H and O–H groups in total. The number of amides is 1. The standard InChI is InChI=1S/C30H37NO3/c1-29(2,3)23-16-21(17-24(19-23)30(4,5)6)20-31(25-12-10-9-11-13-25)28(32)22-14-15-26(33-7)27(18-22)34-8/h9-19H,20H2,1-8H3. The number of hydrogen-bond acceptors (Lipinski definition) is 3. The highest BCUT2D eigenvalue weighted by Crippen LogP contribution is 2.33. The fourth-order valence-corrected chi connectivity index (χ4v) is 3.85. The van der Waals surface area contributed by atoms with Gasteiger partial charge < -0.3 is 14.4 Å². The smallest absolute Gasteiger partial charge is 0.258 e. The maximum absolute atomic E-state index is 13.8. The van der Waals surface area contributed by atoms with Crippen LogP contribution in [0.2, 0.25) is 0 Å². The Hall–Kier alpha value is -3.27. The van der Waals surface area contributed by atoms with E-state index in [0.29, 0.717) is 23.6 Å². The zero-order valence-electron chi connectivity index (χ0n) is 21.7. The molecule has 0 unspecified atom stereocenters. The molecule has 0 aromatic heterocycles. The molecular weight excluding hydrogens is 422 g/mol. The molecule has 3 aromatic carbocycles. The van der Waals surface area contributed by atoms with E-state index >= 15 is 0 Å². The van der Waals surface area contributed by atoms with E-state index in [4.69, 9.17) is 9.47 Å². The monoisotopic (exact) mass is 459 g/mol. The topological polar surface area (TPSA) is 38.8 Å². The van der Waals surface area contributed by atoms with E-state index in [9.17, 15) is 4.79 Å². The second kappa shape index (κ2) is 9.92. The summed E-state index contributed by atoms with van der Waals surface area (Å²) in [5.41, 5.74) is 5.03. The second-order valence-electron chi connectivity index (χ2n) is 10.7. The van der Waals surface area contributed by atoms with Crippen molar-refractivity contribution in [1.82, 2.24) is 0 Å². The van der Waals surface area contributed by atoms with Crippen molar-refractivity contribution in [2.75, 3.05) is 19.1 Å². The first-order valence-corrected chi connectivity index (χ1v) is 11.7. The van der Waals surface area contributed by atoms with Gasteiger partial charge in [0.25, 0.3) is 5.91 Å². The number of hydrogen-bond donors (Lipinski definition) is 0. The third-order valence-corrected chi connectivity index (χ3v) is 6.01. The van der Waals surface area contributed by atoms with E-state index in [0.717, 1.165) is 11.3 Å². The first kappa shape index (κ1) is 25.4. The second-order valence-corrected chi connectivity index (χ2v) is 10.7. The van der Waals surface area contributed by atoms with E-state index in [-0.39, 0.29) is 16.7 Å². The predicted molar refractivity (Wildman–Crippen MR) is 140 cm³/mol. The Morgan fingerprint density at radius 1 is 0.735 bits per heavy atom. The highest BCUT2D eigenvalue weighted by atomic mass is 16.5. The third-order valence-electron chi connectivity index (χ3n) is 6.01. The summed E-state index contributed by atoms with van der Waals surface area (Å²) in [4.78, 5) is 15.6. The number of methoxy groups -OCH3 is 2. The lowest BCUT2D eigenvalue weighted by Gasteiger charge is -2.28. The Morgan fingerprint density at radius 2 is 1.29 bits per heavy atom. The molecule has 4 heteroatoms. The van der Waals surface area contributed by atoms with Crippen LogP contribution in [0, 0.1) is 0 Å². The average Bonchev–Trinajstić information content (AvgIpc) is 2.81. The molecule has 3 rings (SSSR count). The Kier molecular flexibility index (Phi) is 7.40. The van der Waals surface area contributed by atoms with Crippen LogP contribution in [0.15, 0.2) is 66.7 Å². The van der Waals surface area contributed by atoms with Crippen LogP contribution in [-0.2, 0) is 17.4 Å². The lowest BCUT2D eigenvalue weighted by atomic mass is 9.79. The van der Waals surface area contributed by atoms with Crippen LogP contribution in [0.4, 0.5) is 5.69 Å². The van der Waals surface area contributed by atoms with Gasteiger partial charge in [-0.3, -0.25) is 4.79 Å². The molecule has 0 atom stereocenters. The van der Waals surface area contributed by atoms with Crippen molar-refractivity contribution in [3.63, 3.8) is 0 Å². The molecule has 34 heavy (non-hydrogen) atoms. The van der Waals surface area contributed by atoms with Crippen LogP contribution in [-0.4, -0.2) is 20.1 Å². The molecule has 0 fully saturated rings. The number of para-hydroxylation sites is 1.